The first-order valence-electron chi connectivity index (χ1n) is 4.88. The van der Waals surface area contributed by atoms with Crippen molar-refractivity contribution >= 4 is 34.2 Å². The summed E-state index contributed by atoms with van der Waals surface area (Å²) in [5.74, 6) is -0.214. The molecular formula is C9H15N3O2S2. The van der Waals surface area contributed by atoms with Gasteiger partial charge in [-0.1, -0.05) is 23.1 Å². The van der Waals surface area contributed by atoms with E-state index in [9.17, 15) is 4.79 Å². The zero-order chi connectivity index (χ0) is 12.1. The standard InChI is InChI=1S/C9H15N3O2S2/c1-5-14-7(13)6(2)15-9-11-10-8(16-9)12(3)4/h6H,5H2,1-4H3/t6-/m1/s1. The van der Waals surface area contributed by atoms with Crippen LogP contribution in [0.15, 0.2) is 4.34 Å². The molecule has 7 heteroatoms. The second kappa shape index (κ2) is 6.05. The summed E-state index contributed by atoms with van der Waals surface area (Å²) in [6, 6.07) is 0. The van der Waals surface area contributed by atoms with Crippen molar-refractivity contribution in [3.63, 3.8) is 0 Å². The first-order chi connectivity index (χ1) is 7.54. The number of nitrogens with zero attached hydrogens (tertiary/aromatic N) is 3. The number of carbonyl (C=O) groups excluding carboxylic acids is 1. The first kappa shape index (κ1) is 13.2. The minimum atomic E-state index is -0.247. The molecule has 1 aromatic heterocycles. The summed E-state index contributed by atoms with van der Waals surface area (Å²) in [7, 11) is 3.81. The summed E-state index contributed by atoms with van der Waals surface area (Å²) in [4.78, 5) is 13.3. The van der Waals surface area contributed by atoms with Crippen LogP contribution in [0, 0.1) is 0 Å². The van der Waals surface area contributed by atoms with Gasteiger partial charge in [0.15, 0.2) is 4.34 Å². The number of rotatable bonds is 5. The Morgan fingerprint density at radius 3 is 2.75 bits per heavy atom. The van der Waals surface area contributed by atoms with E-state index in [1.807, 2.05) is 19.0 Å². The Bertz CT molecular complexity index is 354. The van der Waals surface area contributed by atoms with Gasteiger partial charge in [0.2, 0.25) is 5.13 Å². The summed E-state index contributed by atoms with van der Waals surface area (Å²) < 4.78 is 5.70. The van der Waals surface area contributed by atoms with E-state index in [0.29, 0.717) is 6.61 Å². The highest BCUT2D eigenvalue weighted by molar-refractivity contribution is 8.02. The normalized spacial score (nSPS) is 12.2. The van der Waals surface area contributed by atoms with Gasteiger partial charge in [-0.15, -0.1) is 10.2 Å². The monoisotopic (exact) mass is 261 g/mol. The van der Waals surface area contributed by atoms with Gasteiger partial charge in [0, 0.05) is 14.1 Å². The molecule has 0 N–H and O–H groups in total. The molecule has 0 fully saturated rings. The van der Waals surface area contributed by atoms with Gasteiger partial charge < -0.3 is 9.64 Å². The smallest absolute Gasteiger partial charge is 0.319 e. The van der Waals surface area contributed by atoms with Crippen LogP contribution >= 0.6 is 23.1 Å². The zero-order valence-electron chi connectivity index (χ0n) is 9.76. The van der Waals surface area contributed by atoms with Crippen molar-refractivity contribution in [2.24, 2.45) is 0 Å². The third kappa shape index (κ3) is 3.64. The van der Waals surface area contributed by atoms with Crippen LogP contribution in [0.2, 0.25) is 0 Å². The molecule has 1 atom stereocenters. The molecular weight excluding hydrogens is 246 g/mol. The third-order valence-electron chi connectivity index (χ3n) is 1.67. The largest absolute Gasteiger partial charge is 0.465 e. The molecule has 0 aliphatic carbocycles. The Balaban J connectivity index is 2.55. The zero-order valence-corrected chi connectivity index (χ0v) is 11.4. The Morgan fingerprint density at radius 2 is 2.25 bits per heavy atom. The molecule has 0 aromatic carbocycles. The van der Waals surface area contributed by atoms with Crippen LogP contribution in [0.4, 0.5) is 5.13 Å². The van der Waals surface area contributed by atoms with E-state index in [1.54, 1.807) is 13.8 Å². The van der Waals surface area contributed by atoms with Crippen LogP contribution in [0.3, 0.4) is 0 Å². The molecule has 0 aliphatic heterocycles. The van der Waals surface area contributed by atoms with Crippen LogP contribution in [-0.2, 0) is 9.53 Å². The average molecular weight is 261 g/mol. The van der Waals surface area contributed by atoms with E-state index in [-0.39, 0.29) is 11.2 Å². The van der Waals surface area contributed by atoms with Crippen molar-refractivity contribution < 1.29 is 9.53 Å². The Morgan fingerprint density at radius 1 is 1.56 bits per heavy atom. The maximum absolute atomic E-state index is 11.4. The maximum atomic E-state index is 11.4. The molecule has 0 unspecified atom stereocenters. The lowest BCUT2D eigenvalue weighted by Gasteiger charge is -2.07. The van der Waals surface area contributed by atoms with Crippen molar-refractivity contribution in [2.75, 3.05) is 25.6 Å². The number of ether oxygens (including phenoxy) is 1. The van der Waals surface area contributed by atoms with Crippen molar-refractivity contribution in [1.82, 2.24) is 10.2 Å². The van der Waals surface area contributed by atoms with Crippen LogP contribution in [0.1, 0.15) is 13.8 Å². The molecule has 1 rings (SSSR count). The SMILES string of the molecule is CCOC(=O)[C@@H](C)Sc1nnc(N(C)C)s1. The molecule has 0 saturated heterocycles. The van der Waals surface area contributed by atoms with Gasteiger partial charge in [-0.3, -0.25) is 4.79 Å². The van der Waals surface area contributed by atoms with E-state index in [2.05, 4.69) is 10.2 Å². The number of anilines is 1. The Labute approximate surface area is 103 Å². The third-order valence-corrected chi connectivity index (χ3v) is 3.93. The lowest BCUT2D eigenvalue weighted by molar-refractivity contribution is -0.142. The molecule has 0 bridgehead atoms. The molecule has 1 heterocycles. The molecule has 90 valence electrons. The summed E-state index contributed by atoms with van der Waals surface area (Å²) in [5, 5.41) is 8.58. The predicted molar refractivity (Wildman–Crippen MR) is 66.2 cm³/mol. The van der Waals surface area contributed by atoms with E-state index in [4.69, 9.17) is 4.74 Å². The number of thioether (sulfide) groups is 1. The number of carbonyl (C=O) groups is 1. The summed E-state index contributed by atoms with van der Waals surface area (Å²) in [6.45, 7) is 4.01. The molecule has 0 radical (unpaired) electrons. The van der Waals surface area contributed by atoms with Gasteiger partial charge in [0.1, 0.15) is 5.25 Å². The van der Waals surface area contributed by atoms with E-state index in [1.165, 1.54) is 23.1 Å². The van der Waals surface area contributed by atoms with Crippen LogP contribution in [0.5, 0.6) is 0 Å². The Hall–Kier alpha value is -0.820. The molecule has 16 heavy (non-hydrogen) atoms. The van der Waals surface area contributed by atoms with E-state index >= 15 is 0 Å². The second-order valence-corrected chi connectivity index (χ2v) is 5.80. The maximum Gasteiger partial charge on any atom is 0.319 e. The minimum Gasteiger partial charge on any atom is -0.465 e. The molecule has 0 amide bonds. The highest BCUT2D eigenvalue weighted by Crippen LogP contribution is 2.30. The summed E-state index contributed by atoms with van der Waals surface area (Å²) in [6.07, 6.45) is 0. The molecule has 0 saturated carbocycles. The number of hydrogen-bond acceptors (Lipinski definition) is 7. The topological polar surface area (TPSA) is 55.3 Å². The van der Waals surface area contributed by atoms with Crippen molar-refractivity contribution in [2.45, 2.75) is 23.4 Å². The average Bonchev–Trinajstić information content (AvgIpc) is 2.66. The molecule has 5 nitrogen and oxygen atoms in total. The van der Waals surface area contributed by atoms with E-state index < -0.39 is 0 Å². The predicted octanol–water partition coefficient (Wildman–Crippen LogP) is 1.65. The fourth-order valence-electron chi connectivity index (χ4n) is 0.890. The molecule has 1 aromatic rings. The second-order valence-electron chi connectivity index (χ2n) is 3.26. The van der Waals surface area contributed by atoms with Gasteiger partial charge in [0.25, 0.3) is 0 Å². The van der Waals surface area contributed by atoms with Gasteiger partial charge in [-0.05, 0) is 13.8 Å². The molecule has 0 aliphatic rings. The van der Waals surface area contributed by atoms with Crippen LogP contribution < -0.4 is 4.90 Å². The van der Waals surface area contributed by atoms with Gasteiger partial charge in [-0.25, -0.2) is 0 Å². The first-order valence-corrected chi connectivity index (χ1v) is 6.58. The van der Waals surface area contributed by atoms with Gasteiger partial charge >= 0.3 is 5.97 Å². The Kier molecular flexibility index (Phi) is 5.01. The van der Waals surface area contributed by atoms with E-state index in [0.717, 1.165) is 9.47 Å². The summed E-state index contributed by atoms with van der Waals surface area (Å²) in [5.41, 5.74) is 0. The fourth-order valence-corrected chi connectivity index (χ4v) is 2.80. The quantitative estimate of drug-likeness (QED) is 0.593. The number of hydrogen-bond donors (Lipinski definition) is 0. The highest BCUT2D eigenvalue weighted by Gasteiger charge is 2.18. The lowest BCUT2D eigenvalue weighted by Crippen LogP contribution is -2.16. The van der Waals surface area contributed by atoms with Crippen molar-refractivity contribution in [1.29, 1.82) is 0 Å². The fraction of sp³-hybridized carbons (Fsp3) is 0.667. The van der Waals surface area contributed by atoms with Crippen LogP contribution in [0.25, 0.3) is 0 Å². The summed E-state index contributed by atoms with van der Waals surface area (Å²) >= 11 is 2.84. The van der Waals surface area contributed by atoms with Gasteiger partial charge in [0.05, 0.1) is 6.61 Å². The van der Waals surface area contributed by atoms with Crippen molar-refractivity contribution in [3.8, 4) is 0 Å². The van der Waals surface area contributed by atoms with Crippen LogP contribution in [-0.4, -0.2) is 42.1 Å². The highest BCUT2D eigenvalue weighted by atomic mass is 32.2. The number of aromatic nitrogens is 2. The van der Waals surface area contributed by atoms with Gasteiger partial charge in [-0.2, -0.15) is 0 Å². The molecule has 0 spiro atoms. The van der Waals surface area contributed by atoms with Crippen molar-refractivity contribution in [3.05, 3.63) is 0 Å². The lowest BCUT2D eigenvalue weighted by atomic mass is 10.5. The number of esters is 1. The minimum absolute atomic E-state index is 0.214.